The molecule has 1 aromatic heterocycles. The molecule has 0 aliphatic carbocycles. The molecule has 0 spiro atoms. The maximum atomic E-state index is 12.2. The summed E-state index contributed by atoms with van der Waals surface area (Å²) < 4.78 is 25.2. The van der Waals surface area contributed by atoms with Crippen LogP contribution in [0.3, 0.4) is 0 Å². The number of rotatable bonds is 4. The van der Waals surface area contributed by atoms with E-state index in [0.717, 1.165) is 15.8 Å². The summed E-state index contributed by atoms with van der Waals surface area (Å²) >= 11 is 4.10. The first-order valence-electron chi connectivity index (χ1n) is 5.38. The number of nitrogens with zero attached hydrogens (tertiary/aromatic N) is 2. The zero-order valence-electron chi connectivity index (χ0n) is 10.2. The molecule has 20 heavy (non-hydrogen) atoms. The molecule has 0 atom stereocenters. The molecule has 6 nitrogen and oxygen atoms in total. The molecule has 0 fully saturated rings. The summed E-state index contributed by atoms with van der Waals surface area (Å²) in [6, 6.07) is 6.11. The van der Waals surface area contributed by atoms with Crippen LogP contribution < -0.4 is 0 Å². The van der Waals surface area contributed by atoms with Crippen molar-refractivity contribution >= 4 is 42.1 Å². The molecular formula is C11H9BrN2O4S2. The van der Waals surface area contributed by atoms with Gasteiger partial charge in [0.15, 0.2) is 9.84 Å². The fourth-order valence-corrected chi connectivity index (χ4v) is 3.98. The van der Waals surface area contributed by atoms with E-state index >= 15 is 0 Å². The quantitative estimate of drug-likeness (QED) is 0.603. The highest BCUT2D eigenvalue weighted by Crippen LogP contribution is 2.29. The Balaban J connectivity index is 2.38. The van der Waals surface area contributed by atoms with Crippen molar-refractivity contribution in [3.05, 3.63) is 49.6 Å². The highest BCUT2D eigenvalue weighted by molar-refractivity contribution is 9.10. The van der Waals surface area contributed by atoms with E-state index in [0.29, 0.717) is 5.01 Å². The lowest BCUT2D eigenvalue weighted by molar-refractivity contribution is -0.381. The van der Waals surface area contributed by atoms with Crippen LogP contribution in [0.15, 0.2) is 33.6 Å². The number of halogens is 1. The lowest BCUT2D eigenvalue weighted by Crippen LogP contribution is -2.06. The van der Waals surface area contributed by atoms with Crippen molar-refractivity contribution in [1.29, 1.82) is 0 Å². The molecule has 1 heterocycles. The average molecular weight is 377 g/mol. The maximum absolute atomic E-state index is 12.2. The van der Waals surface area contributed by atoms with Gasteiger partial charge in [-0.25, -0.2) is 13.4 Å². The van der Waals surface area contributed by atoms with Gasteiger partial charge in [-0.15, -0.1) is 0 Å². The van der Waals surface area contributed by atoms with Crippen LogP contribution in [0.2, 0.25) is 0 Å². The first-order chi connectivity index (χ1) is 9.29. The van der Waals surface area contributed by atoms with Crippen LogP contribution in [0.25, 0.3) is 0 Å². The summed E-state index contributed by atoms with van der Waals surface area (Å²) in [5, 5.41) is 11.1. The molecule has 0 N–H and O–H groups in total. The number of nitro groups is 1. The lowest BCUT2D eigenvalue weighted by atomic mass is 10.4. The smallest absolute Gasteiger partial charge is 0.257 e. The van der Waals surface area contributed by atoms with Crippen molar-refractivity contribution in [2.45, 2.75) is 17.6 Å². The zero-order valence-corrected chi connectivity index (χ0v) is 13.5. The van der Waals surface area contributed by atoms with Gasteiger partial charge in [-0.3, -0.25) is 10.1 Å². The Kier molecular flexibility index (Phi) is 4.21. The van der Waals surface area contributed by atoms with Gasteiger partial charge in [0.05, 0.1) is 14.8 Å². The SMILES string of the molecule is Cc1nc(CS(=O)(=O)c2ccc(Br)cc2)c([N+](=O)[O-])s1. The van der Waals surface area contributed by atoms with E-state index in [2.05, 4.69) is 20.9 Å². The summed E-state index contributed by atoms with van der Waals surface area (Å²) in [5.41, 5.74) is -0.0135. The largest absolute Gasteiger partial charge is 0.348 e. The van der Waals surface area contributed by atoms with Gasteiger partial charge in [0, 0.05) is 4.47 Å². The Morgan fingerprint density at radius 3 is 2.50 bits per heavy atom. The third kappa shape index (κ3) is 3.22. The summed E-state index contributed by atoms with van der Waals surface area (Å²) in [5.74, 6) is -0.477. The van der Waals surface area contributed by atoms with Crippen molar-refractivity contribution in [3.63, 3.8) is 0 Å². The minimum atomic E-state index is -3.65. The highest BCUT2D eigenvalue weighted by atomic mass is 79.9. The lowest BCUT2D eigenvalue weighted by Gasteiger charge is -2.02. The Bertz CT molecular complexity index is 753. The molecule has 0 unspecified atom stereocenters. The minimum Gasteiger partial charge on any atom is -0.257 e. The fourth-order valence-electron chi connectivity index (χ4n) is 1.60. The van der Waals surface area contributed by atoms with E-state index in [4.69, 9.17) is 0 Å². The molecule has 2 rings (SSSR count). The van der Waals surface area contributed by atoms with E-state index in [-0.39, 0.29) is 15.6 Å². The molecule has 106 valence electrons. The van der Waals surface area contributed by atoms with E-state index < -0.39 is 20.5 Å². The van der Waals surface area contributed by atoms with Crippen molar-refractivity contribution < 1.29 is 13.3 Å². The van der Waals surface area contributed by atoms with Crippen LogP contribution in [-0.2, 0) is 15.6 Å². The predicted octanol–water partition coefficient (Wildman–Crippen LogP) is 3.10. The van der Waals surface area contributed by atoms with Crippen LogP contribution in [0, 0.1) is 17.0 Å². The molecule has 0 radical (unpaired) electrons. The van der Waals surface area contributed by atoms with Crippen LogP contribution in [0.4, 0.5) is 5.00 Å². The molecule has 0 aliphatic heterocycles. The van der Waals surface area contributed by atoms with Gasteiger partial charge >= 0.3 is 5.00 Å². The molecule has 0 saturated carbocycles. The van der Waals surface area contributed by atoms with Crippen LogP contribution in [-0.4, -0.2) is 18.3 Å². The number of hydrogen-bond acceptors (Lipinski definition) is 6. The van der Waals surface area contributed by atoms with Crippen molar-refractivity contribution in [2.75, 3.05) is 0 Å². The molecule has 9 heteroatoms. The van der Waals surface area contributed by atoms with Crippen molar-refractivity contribution in [2.24, 2.45) is 0 Å². The van der Waals surface area contributed by atoms with Gasteiger partial charge in [0.1, 0.15) is 11.4 Å². The zero-order chi connectivity index (χ0) is 14.9. The molecule has 0 bridgehead atoms. The molecule has 0 saturated heterocycles. The molecule has 2 aromatic rings. The number of thiazole rings is 1. The van der Waals surface area contributed by atoms with Crippen molar-refractivity contribution in [1.82, 2.24) is 4.98 Å². The Hall–Kier alpha value is -1.32. The first kappa shape index (κ1) is 15.1. The monoisotopic (exact) mass is 376 g/mol. The standard InChI is InChI=1S/C11H9BrN2O4S2/c1-7-13-10(11(19-7)14(15)16)6-20(17,18)9-4-2-8(12)3-5-9/h2-5H,6H2,1H3. The van der Waals surface area contributed by atoms with E-state index in [9.17, 15) is 18.5 Å². The van der Waals surface area contributed by atoms with Crippen LogP contribution in [0.5, 0.6) is 0 Å². The average Bonchev–Trinajstić information content (AvgIpc) is 2.70. The Labute approximate surface area is 127 Å². The number of aromatic nitrogens is 1. The second-order valence-corrected chi connectivity index (χ2v) is 8.04. The normalized spacial score (nSPS) is 11.5. The van der Waals surface area contributed by atoms with Gasteiger partial charge in [-0.1, -0.05) is 15.9 Å². The number of benzene rings is 1. The van der Waals surface area contributed by atoms with E-state index in [1.54, 1.807) is 19.1 Å². The molecule has 0 amide bonds. The molecule has 1 aromatic carbocycles. The number of sulfone groups is 1. The second kappa shape index (κ2) is 5.58. The number of hydrogen-bond donors (Lipinski definition) is 0. The Morgan fingerprint density at radius 2 is 1.95 bits per heavy atom. The summed E-state index contributed by atoms with van der Waals surface area (Å²) in [6.07, 6.45) is 0. The third-order valence-corrected chi connectivity index (χ3v) is 5.59. The first-order valence-corrected chi connectivity index (χ1v) is 8.65. The highest BCUT2D eigenvalue weighted by Gasteiger charge is 2.26. The van der Waals surface area contributed by atoms with Crippen LogP contribution in [0.1, 0.15) is 10.7 Å². The van der Waals surface area contributed by atoms with Gasteiger partial charge in [0.2, 0.25) is 0 Å². The van der Waals surface area contributed by atoms with Crippen molar-refractivity contribution in [3.8, 4) is 0 Å². The second-order valence-electron chi connectivity index (χ2n) is 3.95. The predicted molar refractivity (Wildman–Crippen MR) is 78.5 cm³/mol. The van der Waals surface area contributed by atoms with E-state index in [1.165, 1.54) is 12.1 Å². The van der Waals surface area contributed by atoms with Crippen LogP contribution >= 0.6 is 27.3 Å². The Morgan fingerprint density at radius 1 is 1.35 bits per heavy atom. The van der Waals surface area contributed by atoms with Gasteiger partial charge in [-0.2, -0.15) is 0 Å². The third-order valence-electron chi connectivity index (χ3n) is 2.45. The van der Waals surface area contributed by atoms with Gasteiger partial charge in [-0.05, 0) is 42.5 Å². The topological polar surface area (TPSA) is 90.2 Å². The summed E-state index contributed by atoms with van der Waals surface area (Å²) in [7, 11) is -3.65. The van der Waals surface area contributed by atoms with Gasteiger partial charge in [0.25, 0.3) is 0 Å². The van der Waals surface area contributed by atoms with E-state index in [1.807, 2.05) is 0 Å². The summed E-state index contributed by atoms with van der Waals surface area (Å²) in [6.45, 7) is 1.60. The minimum absolute atomic E-state index is 0.0135. The fraction of sp³-hybridized carbons (Fsp3) is 0.182. The maximum Gasteiger partial charge on any atom is 0.348 e. The van der Waals surface area contributed by atoms with Gasteiger partial charge < -0.3 is 0 Å². The summed E-state index contributed by atoms with van der Waals surface area (Å²) in [4.78, 5) is 14.3. The molecular weight excluding hydrogens is 368 g/mol. The number of aryl methyl sites for hydroxylation is 1. The molecule has 0 aliphatic rings.